The van der Waals surface area contributed by atoms with Crippen molar-refractivity contribution < 1.29 is 9.53 Å². The fourth-order valence-corrected chi connectivity index (χ4v) is 5.00. The average molecular weight is 475 g/mol. The van der Waals surface area contributed by atoms with Gasteiger partial charge in [0.15, 0.2) is 0 Å². The predicted octanol–water partition coefficient (Wildman–Crippen LogP) is 5.08. The van der Waals surface area contributed by atoms with Crippen molar-refractivity contribution in [1.82, 2.24) is 14.8 Å². The normalized spacial score (nSPS) is 20.2. The van der Waals surface area contributed by atoms with E-state index in [9.17, 15) is 4.79 Å². The molecule has 0 N–H and O–H groups in total. The van der Waals surface area contributed by atoms with Gasteiger partial charge in [-0.15, -0.1) is 0 Å². The first-order valence-corrected chi connectivity index (χ1v) is 12.2. The number of likely N-dealkylation sites (tertiary alicyclic amines) is 1. The fraction of sp³-hybridized carbons (Fsp3) is 0.500. The van der Waals surface area contributed by atoms with Gasteiger partial charge in [-0.3, -0.25) is 4.90 Å². The van der Waals surface area contributed by atoms with Gasteiger partial charge in [0.05, 0.1) is 10.7 Å². The summed E-state index contributed by atoms with van der Waals surface area (Å²) in [5, 5.41) is 1.04. The second-order valence-electron chi connectivity index (χ2n) is 9.02. The van der Waals surface area contributed by atoms with Crippen LogP contribution in [-0.4, -0.2) is 59.6 Å². The Bertz CT molecular complexity index is 959. The summed E-state index contributed by atoms with van der Waals surface area (Å²) >= 11 is 12.3. The minimum Gasteiger partial charge on any atom is -0.474 e. The molecule has 5 rings (SSSR count). The lowest BCUT2D eigenvalue weighted by Crippen LogP contribution is -2.39. The Labute approximate surface area is 199 Å². The highest BCUT2D eigenvalue weighted by atomic mass is 35.5. The predicted molar refractivity (Wildman–Crippen MR) is 127 cm³/mol. The van der Waals surface area contributed by atoms with Crippen LogP contribution in [0.3, 0.4) is 0 Å². The van der Waals surface area contributed by atoms with E-state index in [4.69, 9.17) is 27.9 Å². The van der Waals surface area contributed by atoms with Gasteiger partial charge in [0.2, 0.25) is 5.88 Å². The molecule has 0 spiro atoms. The van der Waals surface area contributed by atoms with E-state index in [0.29, 0.717) is 41.2 Å². The van der Waals surface area contributed by atoms with E-state index in [1.54, 1.807) is 28.0 Å². The molecular formula is C24H28Cl2N4O2. The topological polar surface area (TPSA) is 48.9 Å². The van der Waals surface area contributed by atoms with Crippen molar-refractivity contribution in [3.8, 4) is 5.88 Å². The highest BCUT2D eigenvalue weighted by Crippen LogP contribution is 2.32. The molecule has 8 heteroatoms. The lowest BCUT2D eigenvalue weighted by atomic mass is 10.1. The third kappa shape index (κ3) is 5.13. The van der Waals surface area contributed by atoms with Gasteiger partial charge in [0.25, 0.3) is 0 Å². The molecule has 32 heavy (non-hydrogen) atoms. The number of piperidine rings is 1. The lowest BCUT2D eigenvalue weighted by molar-refractivity contribution is 0.0944. The standard InChI is InChI=1S/C24H28Cl2N4O2/c25-19-4-5-22(21(26)13-19)30-12-11-29(24(30)31)16-18-3-6-23(27-14-18)32-20-7-9-28(10-8-20)15-17-1-2-17/h3-6,13-14,17,20H,1-2,7-12,15-16H2. The molecule has 1 saturated carbocycles. The van der Waals surface area contributed by atoms with Crippen LogP contribution in [0.1, 0.15) is 31.2 Å². The zero-order chi connectivity index (χ0) is 22.1. The fourth-order valence-electron chi connectivity index (χ4n) is 4.49. The number of halogens is 2. The molecule has 3 heterocycles. The Kier molecular flexibility index (Phi) is 6.44. The second-order valence-corrected chi connectivity index (χ2v) is 9.86. The number of aromatic nitrogens is 1. The quantitative estimate of drug-likeness (QED) is 0.560. The molecule has 2 saturated heterocycles. The van der Waals surface area contributed by atoms with Crippen molar-refractivity contribution in [3.63, 3.8) is 0 Å². The van der Waals surface area contributed by atoms with Crippen molar-refractivity contribution >= 4 is 34.9 Å². The molecule has 3 fully saturated rings. The van der Waals surface area contributed by atoms with Crippen molar-refractivity contribution in [2.24, 2.45) is 5.92 Å². The van der Waals surface area contributed by atoms with E-state index in [1.165, 1.54) is 19.4 Å². The van der Waals surface area contributed by atoms with Gasteiger partial charge >= 0.3 is 6.03 Å². The molecule has 2 amide bonds. The number of rotatable bonds is 7. The van der Waals surface area contributed by atoms with E-state index < -0.39 is 0 Å². The summed E-state index contributed by atoms with van der Waals surface area (Å²) in [4.78, 5) is 23.4. The Hall–Kier alpha value is -2.02. The minimum absolute atomic E-state index is 0.0625. The van der Waals surface area contributed by atoms with Gasteiger partial charge in [-0.05, 0) is 55.4 Å². The van der Waals surface area contributed by atoms with E-state index >= 15 is 0 Å². The van der Waals surface area contributed by atoms with Gasteiger partial charge < -0.3 is 14.5 Å². The average Bonchev–Trinajstić information content (AvgIpc) is 3.54. The van der Waals surface area contributed by atoms with Crippen LogP contribution in [0.15, 0.2) is 36.5 Å². The first-order valence-electron chi connectivity index (χ1n) is 11.4. The third-order valence-corrected chi connectivity index (χ3v) is 7.04. The summed E-state index contributed by atoms with van der Waals surface area (Å²) in [5.74, 6) is 1.61. The van der Waals surface area contributed by atoms with Crippen LogP contribution in [0.4, 0.5) is 10.5 Å². The second kappa shape index (κ2) is 9.46. The molecule has 3 aliphatic rings. The number of amides is 2. The maximum absolute atomic E-state index is 12.9. The lowest BCUT2D eigenvalue weighted by Gasteiger charge is -2.31. The summed E-state index contributed by atoms with van der Waals surface area (Å²) in [6.45, 7) is 5.22. The zero-order valence-electron chi connectivity index (χ0n) is 18.1. The molecule has 0 unspecified atom stereocenters. The van der Waals surface area contributed by atoms with E-state index in [0.717, 1.165) is 37.4 Å². The van der Waals surface area contributed by atoms with Gasteiger partial charge in [0.1, 0.15) is 6.10 Å². The highest BCUT2D eigenvalue weighted by Gasteiger charge is 2.31. The highest BCUT2D eigenvalue weighted by molar-refractivity contribution is 6.36. The number of urea groups is 1. The van der Waals surface area contributed by atoms with E-state index in [-0.39, 0.29) is 12.1 Å². The summed E-state index contributed by atoms with van der Waals surface area (Å²) < 4.78 is 6.12. The van der Waals surface area contributed by atoms with Gasteiger partial charge in [-0.1, -0.05) is 29.3 Å². The monoisotopic (exact) mass is 474 g/mol. The molecule has 1 aromatic carbocycles. The number of hydrogen-bond acceptors (Lipinski definition) is 4. The van der Waals surface area contributed by atoms with E-state index in [2.05, 4.69) is 9.88 Å². The first kappa shape index (κ1) is 21.8. The Morgan fingerprint density at radius 1 is 1.00 bits per heavy atom. The molecule has 1 aromatic heterocycles. The number of carbonyl (C=O) groups excluding carboxylic acids is 1. The Morgan fingerprint density at radius 3 is 2.50 bits per heavy atom. The molecule has 0 bridgehead atoms. The summed E-state index contributed by atoms with van der Waals surface area (Å²) in [5.41, 5.74) is 1.67. The van der Waals surface area contributed by atoms with Crippen LogP contribution in [-0.2, 0) is 6.54 Å². The number of anilines is 1. The smallest absolute Gasteiger partial charge is 0.324 e. The van der Waals surface area contributed by atoms with Crippen molar-refractivity contribution in [3.05, 3.63) is 52.1 Å². The Balaban J connectivity index is 1.13. The number of hydrogen-bond donors (Lipinski definition) is 0. The molecule has 1 aliphatic carbocycles. The molecule has 170 valence electrons. The SMILES string of the molecule is O=C1N(Cc2ccc(OC3CCN(CC4CC4)CC3)nc2)CCN1c1ccc(Cl)cc1Cl. The molecule has 2 aromatic rings. The van der Waals surface area contributed by atoms with Gasteiger partial charge in [-0.2, -0.15) is 0 Å². The van der Waals surface area contributed by atoms with Crippen LogP contribution >= 0.6 is 23.2 Å². The number of nitrogens with zero attached hydrogens (tertiary/aromatic N) is 4. The number of carbonyl (C=O) groups is 1. The summed E-state index contributed by atoms with van der Waals surface area (Å²) in [7, 11) is 0. The summed E-state index contributed by atoms with van der Waals surface area (Å²) in [6, 6.07) is 9.05. The van der Waals surface area contributed by atoms with Crippen LogP contribution in [0, 0.1) is 5.92 Å². The maximum Gasteiger partial charge on any atom is 0.324 e. The largest absolute Gasteiger partial charge is 0.474 e. The minimum atomic E-state index is -0.0625. The molecule has 0 radical (unpaired) electrons. The maximum atomic E-state index is 12.9. The summed E-state index contributed by atoms with van der Waals surface area (Å²) in [6.07, 6.45) is 6.97. The van der Waals surface area contributed by atoms with Crippen molar-refractivity contribution in [2.45, 2.75) is 38.3 Å². The van der Waals surface area contributed by atoms with Crippen LogP contribution in [0.2, 0.25) is 10.0 Å². The first-order chi connectivity index (χ1) is 15.5. The van der Waals surface area contributed by atoms with Gasteiger partial charge in [0, 0.05) is 56.6 Å². The number of benzene rings is 1. The van der Waals surface area contributed by atoms with E-state index in [1.807, 2.05) is 18.3 Å². The zero-order valence-corrected chi connectivity index (χ0v) is 19.6. The molecule has 2 aliphatic heterocycles. The number of pyridine rings is 1. The van der Waals surface area contributed by atoms with Crippen molar-refractivity contribution in [2.75, 3.05) is 37.6 Å². The molecular weight excluding hydrogens is 447 g/mol. The van der Waals surface area contributed by atoms with Crippen molar-refractivity contribution in [1.29, 1.82) is 0 Å². The van der Waals surface area contributed by atoms with Gasteiger partial charge in [-0.25, -0.2) is 9.78 Å². The molecule has 0 atom stereocenters. The van der Waals surface area contributed by atoms with Crippen LogP contribution in [0.5, 0.6) is 5.88 Å². The Morgan fingerprint density at radius 2 is 1.81 bits per heavy atom. The number of ether oxygens (including phenoxy) is 1. The van der Waals surface area contributed by atoms with Crippen LogP contribution in [0.25, 0.3) is 0 Å². The van der Waals surface area contributed by atoms with Crippen LogP contribution < -0.4 is 9.64 Å². The third-order valence-electron chi connectivity index (χ3n) is 6.50. The molecule has 6 nitrogen and oxygen atoms in total.